The summed E-state index contributed by atoms with van der Waals surface area (Å²) in [5.41, 5.74) is 0.977. The third-order valence-corrected chi connectivity index (χ3v) is 2.79. The molecule has 6 heteroatoms. The second kappa shape index (κ2) is 6.72. The van der Waals surface area contributed by atoms with Crippen molar-refractivity contribution in [3.63, 3.8) is 0 Å². The van der Waals surface area contributed by atoms with Crippen LogP contribution in [0.3, 0.4) is 0 Å². The fraction of sp³-hybridized carbons (Fsp3) is 0.462. The van der Waals surface area contributed by atoms with E-state index in [9.17, 15) is 9.59 Å². The molecular weight excluding hydrogens is 246 g/mol. The number of carbonyl (C=O) groups excluding carboxylic acids is 1. The molecule has 1 aromatic rings. The molecule has 0 aliphatic carbocycles. The molecule has 0 radical (unpaired) electrons. The molecule has 1 heterocycles. The van der Waals surface area contributed by atoms with Crippen molar-refractivity contribution in [1.29, 1.82) is 0 Å². The van der Waals surface area contributed by atoms with Gasteiger partial charge in [-0.05, 0) is 17.7 Å². The monoisotopic (exact) mass is 265 g/mol. The highest BCUT2D eigenvalue weighted by atomic mass is 16.4. The standard InChI is InChI=1S/C13H19N3O3/c1-10(12(17)18)8-15(2)13(19)16(3)9-11-4-6-14-7-5-11/h4-7,10H,8-9H2,1-3H3,(H,17,18). The van der Waals surface area contributed by atoms with E-state index in [1.165, 1.54) is 4.90 Å². The highest BCUT2D eigenvalue weighted by Crippen LogP contribution is 2.06. The molecule has 0 aromatic carbocycles. The number of carboxylic acid groups (broad SMARTS) is 1. The Balaban J connectivity index is 2.54. The topological polar surface area (TPSA) is 73.7 Å². The minimum atomic E-state index is -0.906. The Morgan fingerprint density at radius 2 is 1.84 bits per heavy atom. The lowest BCUT2D eigenvalue weighted by atomic mass is 10.2. The first kappa shape index (κ1) is 14.9. The Bertz CT molecular complexity index is 436. The van der Waals surface area contributed by atoms with E-state index >= 15 is 0 Å². The molecule has 0 fully saturated rings. The summed E-state index contributed by atoms with van der Waals surface area (Å²) in [5, 5.41) is 8.83. The van der Waals surface area contributed by atoms with Gasteiger partial charge in [-0.25, -0.2) is 4.79 Å². The first-order valence-electron chi connectivity index (χ1n) is 5.99. The smallest absolute Gasteiger partial charge is 0.319 e. The van der Waals surface area contributed by atoms with Crippen molar-refractivity contribution in [2.75, 3.05) is 20.6 Å². The van der Waals surface area contributed by atoms with Crippen LogP contribution in [0, 0.1) is 5.92 Å². The molecule has 1 rings (SSSR count). The summed E-state index contributed by atoms with van der Waals surface area (Å²) >= 11 is 0. The molecule has 1 atom stereocenters. The van der Waals surface area contributed by atoms with Gasteiger partial charge in [0.2, 0.25) is 0 Å². The molecule has 0 saturated carbocycles. The highest BCUT2D eigenvalue weighted by Gasteiger charge is 2.19. The van der Waals surface area contributed by atoms with Crippen molar-refractivity contribution < 1.29 is 14.7 Å². The second-order valence-electron chi connectivity index (χ2n) is 4.61. The van der Waals surface area contributed by atoms with Gasteiger partial charge in [0.25, 0.3) is 0 Å². The molecule has 0 aliphatic heterocycles. The van der Waals surface area contributed by atoms with Gasteiger partial charge in [0.15, 0.2) is 0 Å². The normalized spacial score (nSPS) is 11.7. The van der Waals surface area contributed by atoms with Crippen molar-refractivity contribution in [3.05, 3.63) is 30.1 Å². The number of aliphatic carboxylic acids is 1. The van der Waals surface area contributed by atoms with Crippen LogP contribution < -0.4 is 0 Å². The number of hydrogen-bond acceptors (Lipinski definition) is 3. The van der Waals surface area contributed by atoms with Crippen LogP contribution in [0.1, 0.15) is 12.5 Å². The number of pyridine rings is 1. The van der Waals surface area contributed by atoms with E-state index in [4.69, 9.17) is 5.11 Å². The van der Waals surface area contributed by atoms with Gasteiger partial charge >= 0.3 is 12.0 Å². The molecule has 0 bridgehead atoms. The number of urea groups is 1. The number of carbonyl (C=O) groups is 2. The number of nitrogens with zero attached hydrogens (tertiary/aromatic N) is 3. The zero-order chi connectivity index (χ0) is 14.4. The predicted molar refractivity (Wildman–Crippen MR) is 70.5 cm³/mol. The lowest BCUT2D eigenvalue weighted by molar-refractivity contribution is -0.141. The third-order valence-electron chi connectivity index (χ3n) is 2.79. The van der Waals surface area contributed by atoms with E-state index in [-0.39, 0.29) is 12.6 Å². The molecule has 6 nitrogen and oxygen atoms in total. The van der Waals surface area contributed by atoms with E-state index < -0.39 is 11.9 Å². The largest absolute Gasteiger partial charge is 0.481 e. The van der Waals surface area contributed by atoms with E-state index in [1.54, 1.807) is 38.3 Å². The summed E-state index contributed by atoms with van der Waals surface area (Å²) in [6.07, 6.45) is 3.34. The Morgan fingerprint density at radius 1 is 1.26 bits per heavy atom. The molecule has 104 valence electrons. The van der Waals surface area contributed by atoms with Crippen LogP contribution in [0.25, 0.3) is 0 Å². The number of hydrogen-bond donors (Lipinski definition) is 1. The van der Waals surface area contributed by atoms with E-state index in [2.05, 4.69) is 4.98 Å². The Labute approximate surface area is 112 Å². The van der Waals surface area contributed by atoms with Crippen molar-refractivity contribution in [3.8, 4) is 0 Å². The lowest BCUT2D eigenvalue weighted by Gasteiger charge is -2.26. The fourth-order valence-corrected chi connectivity index (χ4v) is 1.69. The average molecular weight is 265 g/mol. The molecule has 1 unspecified atom stereocenters. The maximum Gasteiger partial charge on any atom is 0.319 e. The zero-order valence-corrected chi connectivity index (χ0v) is 11.4. The fourth-order valence-electron chi connectivity index (χ4n) is 1.69. The van der Waals surface area contributed by atoms with Gasteiger partial charge in [-0.2, -0.15) is 0 Å². The summed E-state index contributed by atoms with van der Waals surface area (Å²) in [6, 6.07) is 3.47. The summed E-state index contributed by atoms with van der Waals surface area (Å²) in [6.45, 7) is 2.23. The van der Waals surface area contributed by atoms with E-state index in [0.29, 0.717) is 6.54 Å². The first-order valence-corrected chi connectivity index (χ1v) is 5.99. The SMILES string of the molecule is CC(CN(C)C(=O)N(C)Cc1ccncc1)C(=O)O. The number of carboxylic acids is 1. The predicted octanol–water partition coefficient (Wildman–Crippen LogP) is 1.29. The first-order chi connectivity index (χ1) is 8.91. The van der Waals surface area contributed by atoms with Crippen molar-refractivity contribution in [2.45, 2.75) is 13.5 Å². The Morgan fingerprint density at radius 3 is 2.37 bits per heavy atom. The molecule has 0 aliphatic rings. The van der Waals surface area contributed by atoms with Crippen molar-refractivity contribution in [1.82, 2.24) is 14.8 Å². The molecule has 1 aromatic heterocycles. The average Bonchev–Trinajstić information content (AvgIpc) is 2.38. The maximum atomic E-state index is 12.0. The summed E-state index contributed by atoms with van der Waals surface area (Å²) < 4.78 is 0. The van der Waals surface area contributed by atoms with Gasteiger partial charge in [-0.1, -0.05) is 6.92 Å². The second-order valence-corrected chi connectivity index (χ2v) is 4.61. The van der Waals surface area contributed by atoms with Crippen LogP contribution in [0.15, 0.2) is 24.5 Å². The Hall–Kier alpha value is -2.11. The number of aromatic nitrogens is 1. The lowest BCUT2D eigenvalue weighted by Crippen LogP contribution is -2.41. The summed E-state index contributed by atoms with van der Waals surface area (Å²) in [5.74, 6) is -1.49. The maximum absolute atomic E-state index is 12.0. The summed E-state index contributed by atoms with van der Waals surface area (Å²) in [4.78, 5) is 29.7. The van der Waals surface area contributed by atoms with Gasteiger partial charge in [0.05, 0.1) is 5.92 Å². The van der Waals surface area contributed by atoms with Crippen molar-refractivity contribution >= 4 is 12.0 Å². The third kappa shape index (κ3) is 4.57. The summed E-state index contributed by atoms with van der Waals surface area (Å²) in [7, 11) is 3.29. The van der Waals surface area contributed by atoms with Gasteiger partial charge in [-0.3, -0.25) is 9.78 Å². The minimum Gasteiger partial charge on any atom is -0.481 e. The quantitative estimate of drug-likeness (QED) is 0.870. The zero-order valence-electron chi connectivity index (χ0n) is 11.4. The van der Waals surface area contributed by atoms with Crippen LogP contribution in [0.5, 0.6) is 0 Å². The number of amides is 2. The van der Waals surface area contributed by atoms with Crippen LogP contribution in [0.2, 0.25) is 0 Å². The van der Waals surface area contributed by atoms with Gasteiger partial charge < -0.3 is 14.9 Å². The van der Waals surface area contributed by atoms with Crippen LogP contribution in [-0.2, 0) is 11.3 Å². The van der Waals surface area contributed by atoms with Gasteiger partial charge in [0, 0.05) is 39.6 Å². The van der Waals surface area contributed by atoms with Gasteiger partial charge in [0.1, 0.15) is 0 Å². The van der Waals surface area contributed by atoms with Gasteiger partial charge in [-0.15, -0.1) is 0 Å². The molecule has 0 spiro atoms. The Kier molecular flexibility index (Phi) is 5.29. The molecule has 1 N–H and O–H groups in total. The van der Waals surface area contributed by atoms with E-state index in [0.717, 1.165) is 5.56 Å². The molecule has 19 heavy (non-hydrogen) atoms. The highest BCUT2D eigenvalue weighted by molar-refractivity contribution is 5.75. The van der Waals surface area contributed by atoms with Crippen LogP contribution >= 0.6 is 0 Å². The molecule has 0 saturated heterocycles. The van der Waals surface area contributed by atoms with Crippen molar-refractivity contribution in [2.24, 2.45) is 5.92 Å². The number of rotatable bonds is 5. The van der Waals surface area contributed by atoms with Crippen LogP contribution in [-0.4, -0.2) is 52.5 Å². The minimum absolute atomic E-state index is 0.189. The van der Waals surface area contributed by atoms with Crippen LogP contribution in [0.4, 0.5) is 4.79 Å². The van der Waals surface area contributed by atoms with E-state index in [1.807, 2.05) is 12.1 Å². The molecule has 2 amide bonds. The molecular formula is C13H19N3O3.